The maximum Gasteiger partial charge on any atom is 0.323 e. The van der Waals surface area contributed by atoms with Crippen LogP contribution in [-0.4, -0.2) is 46.9 Å². The first-order valence-electron chi connectivity index (χ1n) is 6.27. The van der Waals surface area contributed by atoms with Crippen LogP contribution >= 0.6 is 11.3 Å². The van der Waals surface area contributed by atoms with Crippen molar-refractivity contribution >= 4 is 22.5 Å². The Morgan fingerprint density at radius 1 is 1.55 bits per heavy atom. The summed E-state index contributed by atoms with van der Waals surface area (Å²) in [5.74, 6) is 0.642. The number of hydrogen-bond donors (Lipinski definition) is 1. The van der Waals surface area contributed by atoms with Gasteiger partial charge in [-0.1, -0.05) is 11.3 Å². The zero-order chi connectivity index (χ0) is 13.9. The van der Waals surface area contributed by atoms with Crippen molar-refractivity contribution in [3.63, 3.8) is 0 Å². The standard InChI is InChI=1S/C12H14N4O3S/c1-8-7-16(4-6-18-8)12(17)13-11-15-14-10(20-11)9-3-2-5-19-9/h2-3,5,8H,4,6-7H2,1H3,(H,13,15,17). The summed E-state index contributed by atoms with van der Waals surface area (Å²) in [6, 6.07) is 3.40. The summed E-state index contributed by atoms with van der Waals surface area (Å²) in [5.41, 5.74) is 0. The first-order chi connectivity index (χ1) is 9.72. The van der Waals surface area contributed by atoms with E-state index in [9.17, 15) is 4.79 Å². The molecule has 2 aromatic rings. The van der Waals surface area contributed by atoms with E-state index in [0.717, 1.165) is 0 Å². The monoisotopic (exact) mass is 294 g/mol. The molecule has 3 heterocycles. The summed E-state index contributed by atoms with van der Waals surface area (Å²) in [5, 5.41) is 11.8. The Labute approximate surface area is 119 Å². The number of nitrogens with zero attached hydrogens (tertiary/aromatic N) is 3. The van der Waals surface area contributed by atoms with Crippen molar-refractivity contribution in [2.75, 3.05) is 25.0 Å². The molecule has 1 aliphatic heterocycles. The van der Waals surface area contributed by atoms with Crippen molar-refractivity contribution in [3.8, 4) is 10.8 Å². The number of rotatable bonds is 2. The smallest absolute Gasteiger partial charge is 0.323 e. The number of morpholine rings is 1. The van der Waals surface area contributed by atoms with E-state index in [1.807, 2.05) is 6.92 Å². The average Bonchev–Trinajstić information content (AvgIpc) is 3.08. The van der Waals surface area contributed by atoms with Crippen LogP contribution in [0.5, 0.6) is 0 Å². The van der Waals surface area contributed by atoms with Crippen LogP contribution in [0.2, 0.25) is 0 Å². The second-order valence-corrected chi connectivity index (χ2v) is 5.42. The van der Waals surface area contributed by atoms with Gasteiger partial charge in [0, 0.05) is 13.1 Å². The second-order valence-electron chi connectivity index (χ2n) is 4.45. The molecular weight excluding hydrogens is 280 g/mol. The highest BCUT2D eigenvalue weighted by Crippen LogP contribution is 2.26. The second kappa shape index (κ2) is 5.59. The third kappa shape index (κ3) is 2.81. The van der Waals surface area contributed by atoms with Gasteiger partial charge in [0.05, 0.1) is 19.0 Å². The lowest BCUT2D eigenvalue weighted by Gasteiger charge is -2.30. The summed E-state index contributed by atoms with van der Waals surface area (Å²) in [4.78, 5) is 13.8. The summed E-state index contributed by atoms with van der Waals surface area (Å²) in [6.45, 7) is 3.66. The van der Waals surface area contributed by atoms with E-state index in [1.165, 1.54) is 11.3 Å². The summed E-state index contributed by atoms with van der Waals surface area (Å²) >= 11 is 1.28. The molecule has 1 unspecified atom stereocenters. The molecule has 0 aromatic carbocycles. The molecule has 20 heavy (non-hydrogen) atoms. The Morgan fingerprint density at radius 3 is 3.20 bits per heavy atom. The van der Waals surface area contributed by atoms with Crippen LogP contribution < -0.4 is 5.32 Å². The Bertz CT molecular complexity index is 583. The van der Waals surface area contributed by atoms with Crippen LogP contribution in [0, 0.1) is 0 Å². The molecule has 8 heteroatoms. The van der Waals surface area contributed by atoms with E-state index in [2.05, 4.69) is 15.5 Å². The van der Waals surface area contributed by atoms with Gasteiger partial charge in [-0.2, -0.15) is 0 Å². The van der Waals surface area contributed by atoms with Crippen molar-refractivity contribution in [2.45, 2.75) is 13.0 Å². The highest BCUT2D eigenvalue weighted by Gasteiger charge is 2.22. The van der Waals surface area contributed by atoms with Crippen LogP contribution in [0.4, 0.5) is 9.93 Å². The third-order valence-electron chi connectivity index (χ3n) is 2.90. The van der Waals surface area contributed by atoms with E-state index in [4.69, 9.17) is 9.15 Å². The Balaban J connectivity index is 1.64. The molecule has 0 aliphatic carbocycles. The van der Waals surface area contributed by atoms with Gasteiger partial charge >= 0.3 is 6.03 Å². The van der Waals surface area contributed by atoms with Crippen molar-refractivity contribution < 1.29 is 13.9 Å². The van der Waals surface area contributed by atoms with Crippen molar-refractivity contribution in [2.24, 2.45) is 0 Å². The Morgan fingerprint density at radius 2 is 2.45 bits per heavy atom. The fourth-order valence-corrected chi connectivity index (χ4v) is 2.65. The zero-order valence-electron chi connectivity index (χ0n) is 10.9. The quantitative estimate of drug-likeness (QED) is 0.917. The summed E-state index contributed by atoms with van der Waals surface area (Å²) < 4.78 is 10.6. The molecule has 1 aliphatic rings. The van der Waals surface area contributed by atoms with Gasteiger partial charge in [-0.15, -0.1) is 10.2 Å². The predicted octanol–water partition coefficient (Wildman–Crippen LogP) is 2.05. The van der Waals surface area contributed by atoms with Gasteiger partial charge in [0.2, 0.25) is 5.13 Å². The van der Waals surface area contributed by atoms with Gasteiger partial charge in [0.1, 0.15) is 0 Å². The molecule has 1 saturated heterocycles. The first-order valence-corrected chi connectivity index (χ1v) is 7.09. The molecule has 2 amide bonds. The summed E-state index contributed by atoms with van der Waals surface area (Å²) in [6.07, 6.45) is 1.63. The number of amides is 2. The number of furan rings is 1. The van der Waals surface area contributed by atoms with E-state index in [0.29, 0.717) is 35.6 Å². The summed E-state index contributed by atoms with van der Waals surface area (Å²) in [7, 11) is 0. The Kier molecular flexibility index (Phi) is 3.66. The van der Waals surface area contributed by atoms with E-state index in [1.54, 1.807) is 23.3 Å². The predicted molar refractivity (Wildman–Crippen MR) is 73.6 cm³/mol. The molecule has 1 atom stereocenters. The number of nitrogens with one attached hydrogen (secondary N) is 1. The molecule has 1 fully saturated rings. The van der Waals surface area contributed by atoms with Crippen LogP contribution in [0.1, 0.15) is 6.92 Å². The van der Waals surface area contributed by atoms with Crippen LogP contribution in [0.3, 0.4) is 0 Å². The number of anilines is 1. The number of ether oxygens (including phenoxy) is 1. The van der Waals surface area contributed by atoms with E-state index in [-0.39, 0.29) is 12.1 Å². The van der Waals surface area contributed by atoms with Crippen molar-refractivity contribution in [1.29, 1.82) is 0 Å². The molecule has 2 aromatic heterocycles. The van der Waals surface area contributed by atoms with Gasteiger partial charge < -0.3 is 14.1 Å². The lowest BCUT2D eigenvalue weighted by molar-refractivity contribution is -0.00138. The average molecular weight is 294 g/mol. The van der Waals surface area contributed by atoms with Gasteiger partial charge in [0.25, 0.3) is 0 Å². The van der Waals surface area contributed by atoms with Crippen LogP contribution in [0.25, 0.3) is 10.8 Å². The third-order valence-corrected chi connectivity index (χ3v) is 3.75. The molecule has 1 N–H and O–H groups in total. The zero-order valence-corrected chi connectivity index (χ0v) is 11.7. The number of urea groups is 1. The molecule has 0 spiro atoms. The highest BCUT2D eigenvalue weighted by molar-refractivity contribution is 7.18. The topological polar surface area (TPSA) is 80.5 Å². The number of aromatic nitrogens is 2. The largest absolute Gasteiger partial charge is 0.462 e. The fourth-order valence-electron chi connectivity index (χ4n) is 1.95. The van der Waals surface area contributed by atoms with E-state index >= 15 is 0 Å². The normalized spacial score (nSPS) is 19.1. The van der Waals surface area contributed by atoms with Gasteiger partial charge in [0.15, 0.2) is 10.8 Å². The van der Waals surface area contributed by atoms with Crippen molar-refractivity contribution in [1.82, 2.24) is 15.1 Å². The molecule has 0 bridgehead atoms. The van der Waals surface area contributed by atoms with Gasteiger partial charge in [-0.25, -0.2) is 4.79 Å². The first kappa shape index (κ1) is 13.1. The molecule has 0 saturated carbocycles. The maximum atomic E-state index is 12.1. The minimum absolute atomic E-state index is 0.0580. The number of hydrogen-bond acceptors (Lipinski definition) is 6. The minimum atomic E-state index is -0.178. The number of carbonyl (C=O) groups excluding carboxylic acids is 1. The van der Waals surface area contributed by atoms with Crippen LogP contribution in [-0.2, 0) is 4.74 Å². The lowest BCUT2D eigenvalue weighted by Crippen LogP contribution is -2.46. The maximum absolute atomic E-state index is 12.1. The molecular formula is C12H14N4O3S. The fraction of sp³-hybridized carbons (Fsp3) is 0.417. The molecule has 7 nitrogen and oxygen atoms in total. The van der Waals surface area contributed by atoms with E-state index < -0.39 is 0 Å². The van der Waals surface area contributed by atoms with Crippen LogP contribution in [0.15, 0.2) is 22.8 Å². The Hall–Kier alpha value is -1.93. The molecule has 0 radical (unpaired) electrons. The molecule has 106 valence electrons. The molecule has 3 rings (SSSR count). The van der Waals surface area contributed by atoms with Gasteiger partial charge in [-0.05, 0) is 19.1 Å². The SMILES string of the molecule is CC1CN(C(=O)Nc2nnc(-c3ccco3)s2)CCO1. The lowest BCUT2D eigenvalue weighted by atomic mass is 10.3. The van der Waals surface area contributed by atoms with Crippen molar-refractivity contribution in [3.05, 3.63) is 18.4 Å². The minimum Gasteiger partial charge on any atom is -0.462 e. The highest BCUT2D eigenvalue weighted by atomic mass is 32.1. The number of carbonyl (C=O) groups is 1. The van der Waals surface area contributed by atoms with Gasteiger partial charge in [-0.3, -0.25) is 5.32 Å².